The Morgan fingerprint density at radius 1 is 1.10 bits per heavy atom. The van der Waals surface area contributed by atoms with E-state index in [1.54, 1.807) is 0 Å². The number of alkyl halides is 3. The van der Waals surface area contributed by atoms with Crippen molar-refractivity contribution in [2.75, 3.05) is 13.1 Å². The van der Waals surface area contributed by atoms with E-state index in [0.717, 1.165) is 12.5 Å². The molecule has 2 aliphatic carbocycles. The van der Waals surface area contributed by atoms with Gasteiger partial charge in [0.05, 0.1) is 28.7 Å². The topological polar surface area (TPSA) is 75.8 Å². The zero-order chi connectivity index (χ0) is 31.4. The van der Waals surface area contributed by atoms with Gasteiger partial charge in [-0.3, -0.25) is 14.6 Å². The van der Waals surface area contributed by atoms with Crippen LogP contribution >= 0.6 is 11.6 Å². The number of Topliss-reactive ketones (excluding diaryl/α,β-unsaturated/α-hetero) is 1. The monoisotopic (exact) mass is 619 g/mol. The molecule has 0 aliphatic heterocycles. The predicted molar refractivity (Wildman–Crippen MR) is 145 cm³/mol. The maximum atomic E-state index is 14.5. The van der Waals surface area contributed by atoms with Crippen molar-refractivity contribution >= 4 is 29.0 Å². The summed E-state index contributed by atoms with van der Waals surface area (Å²) in [7, 11) is 0. The van der Waals surface area contributed by atoms with E-state index in [9.17, 15) is 40.3 Å². The van der Waals surface area contributed by atoms with Gasteiger partial charge in [-0.15, -0.1) is 0 Å². The van der Waals surface area contributed by atoms with Crippen LogP contribution in [0.15, 0.2) is 63.9 Å². The van der Waals surface area contributed by atoms with Gasteiger partial charge in [-0.1, -0.05) is 37.8 Å². The average Bonchev–Trinajstić information content (AvgIpc) is 2.98. The highest BCUT2D eigenvalue weighted by molar-refractivity contribution is 6.34. The Hall–Kier alpha value is -3.41. The van der Waals surface area contributed by atoms with Crippen LogP contribution in [0.25, 0.3) is 0 Å². The molecule has 1 aromatic rings. The molecule has 2 N–H and O–H groups in total. The Morgan fingerprint density at radius 2 is 1.74 bits per heavy atom. The van der Waals surface area contributed by atoms with Gasteiger partial charge in [0.1, 0.15) is 23.3 Å². The van der Waals surface area contributed by atoms with E-state index in [4.69, 9.17) is 17.3 Å². The first-order chi connectivity index (χ1) is 19.6. The standard InChI is InChI=1S/C29H29ClF7N3O2/c1-15-16(2)23(33)10-18(31)8-17(15)13-40(14-25(41)26-22(30)9-19(32)11-24(26)34)28(42)21(12-38)27(29(35,36)37)39-20-6-4-3-5-7-20/h8-12,15,20H,3-7,13-14,38H2,1-2H3/t15-/m1/s1. The summed E-state index contributed by atoms with van der Waals surface area (Å²) in [6.45, 7) is 1.09. The van der Waals surface area contributed by atoms with Crippen LogP contribution in [0.2, 0.25) is 5.02 Å². The van der Waals surface area contributed by atoms with Crippen molar-refractivity contribution in [3.63, 3.8) is 0 Å². The predicted octanol–water partition coefficient (Wildman–Crippen LogP) is 7.48. The van der Waals surface area contributed by atoms with Crippen molar-refractivity contribution in [1.82, 2.24) is 4.90 Å². The molecule has 0 heterocycles. The molecule has 0 saturated heterocycles. The van der Waals surface area contributed by atoms with Crippen LogP contribution in [-0.4, -0.2) is 47.6 Å². The molecule has 0 unspecified atom stereocenters. The van der Waals surface area contributed by atoms with E-state index in [2.05, 4.69) is 4.99 Å². The quantitative estimate of drug-likeness (QED) is 0.142. The summed E-state index contributed by atoms with van der Waals surface area (Å²) in [4.78, 5) is 31.3. The van der Waals surface area contributed by atoms with Crippen LogP contribution in [0.3, 0.4) is 0 Å². The van der Waals surface area contributed by atoms with Crippen molar-refractivity contribution in [1.29, 1.82) is 0 Å². The first-order valence-corrected chi connectivity index (χ1v) is 13.5. The number of benzene rings is 1. The zero-order valence-electron chi connectivity index (χ0n) is 22.8. The number of amides is 1. The summed E-state index contributed by atoms with van der Waals surface area (Å²) in [5, 5.41) is -0.633. The number of hydrogen-bond acceptors (Lipinski definition) is 4. The van der Waals surface area contributed by atoms with Crippen LogP contribution in [0.5, 0.6) is 0 Å². The molecule has 0 bridgehead atoms. The summed E-state index contributed by atoms with van der Waals surface area (Å²) in [5.74, 6) is -7.83. The maximum Gasteiger partial charge on any atom is 0.433 e. The summed E-state index contributed by atoms with van der Waals surface area (Å²) in [6.07, 6.45) is -0.355. The van der Waals surface area contributed by atoms with E-state index in [-0.39, 0.29) is 11.1 Å². The van der Waals surface area contributed by atoms with Gasteiger partial charge in [0, 0.05) is 30.8 Å². The highest BCUT2D eigenvalue weighted by Crippen LogP contribution is 2.32. The Morgan fingerprint density at radius 3 is 2.31 bits per heavy atom. The molecule has 1 fully saturated rings. The molecule has 0 radical (unpaired) electrons. The largest absolute Gasteiger partial charge is 0.433 e. The van der Waals surface area contributed by atoms with Gasteiger partial charge in [-0.2, -0.15) is 13.2 Å². The number of halogens is 8. The molecule has 1 atom stereocenters. The minimum Gasteiger partial charge on any atom is -0.404 e. The van der Waals surface area contributed by atoms with Gasteiger partial charge < -0.3 is 10.6 Å². The van der Waals surface area contributed by atoms with Crippen LogP contribution in [-0.2, 0) is 4.79 Å². The number of ketones is 1. The van der Waals surface area contributed by atoms with Gasteiger partial charge in [0.25, 0.3) is 5.91 Å². The smallest absolute Gasteiger partial charge is 0.404 e. The molecule has 5 nitrogen and oxygen atoms in total. The van der Waals surface area contributed by atoms with E-state index in [1.807, 2.05) is 0 Å². The number of aliphatic imine (C=N–C) groups is 1. The Labute approximate surface area is 243 Å². The normalized spacial score (nSPS) is 19.3. The first kappa shape index (κ1) is 33.1. The van der Waals surface area contributed by atoms with Crippen LogP contribution in [0.4, 0.5) is 30.7 Å². The molecular weight excluding hydrogens is 591 g/mol. The lowest BCUT2D eigenvalue weighted by atomic mass is 9.92. The van der Waals surface area contributed by atoms with Gasteiger partial charge in [0.15, 0.2) is 11.5 Å². The molecule has 1 saturated carbocycles. The molecule has 228 valence electrons. The lowest BCUT2D eigenvalue weighted by molar-refractivity contribution is -0.126. The van der Waals surface area contributed by atoms with Crippen molar-refractivity contribution < 1.29 is 40.3 Å². The molecular formula is C29H29ClF7N3O2. The van der Waals surface area contributed by atoms with E-state index >= 15 is 0 Å². The van der Waals surface area contributed by atoms with Gasteiger partial charge in [-0.25, -0.2) is 17.6 Å². The highest BCUT2D eigenvalue weighted by atomic mass is 35.5. The van der Waals surface area contributed by atoms with Crippen molar-refractivity contribution in [2.24, 2.45) is 16.6 Å². The van der Waals surface area contributed by atoms with Crippen molar-refractivity contribution in [2.45, 2.75) is 58.2 Å². The molecule has 1 amide bonds. The molecule has 1 aromatic carbocycles. The van der Waals surface area contributed by atoms with Gasteiger partial charge >= 0.3 is 6.18 Å². The third-order valence-corrected chi connectivity index (χ3v) is 7.56. The lowest BCUT2D eigenvalue weighted by Gasteiger charge is -2.28. The summed E-state index contributed by atoms with van der Waals surface area (Å²) >= 11 is 5.87. The number of nitrogens with zero attached hydrogens (tertiary/aromatic N) is 2. The first-order valence-electron chi connectivity index (χ1n) is 13.1. The summed E-state index contributed by atoms with van der Waals surface area (Å²) in [6, 6.07) is 0.308. The summed E-state index contributed by atoms with van der Waals surface area (Å²) in [5.41, 5.74) is 2.17. The second-order valence-corrected chi connectivity index (χ2v) is 10.6. The number of rotatable bonds is 8. The SMILES string of the molecule is CC1=C(F)C=C(F)C=C(CN(CC(=O)c2c(F)cc(F)cc2Cl)C(=O)C(=CN)C(=NC2CCCCC2)C(F)(F)F)[C@@H]1C. The highest BCUT2D eigenvalue weighted by Gasteiger charge is 2.42. The van der Waals surface area contributed by atoms with Gasteiger partial charge in [-0.05, 0) is 43.1 Å². The fourth-order valence-electron chi connectivity index (χ4n) is 4.84. The minimum absolute atomic E-state index is 0.0230. The van der Waals surface area contributed by atoms with Crippen molar-refractivity contribution in [3.8, 4) is 0 Å². The fourth-order valence-corrected chi connectivity index (χ4v) is 5.14. The number of hydrogen-bond donors (Lipinski definition) is 1. The van der Waals surface area contributed by atoms with Crippen LogP contribution < -0.4 is 5.73 Å². The number of carbonyl (C=O) groups is 2. The Kier molecular flexibility index (Phi) is 10.8. The number of carbonyl (C=O) groups excluding carboxylic acids is 2. The number of nitrogens with two attached hydrogens (primary N) is 1. The Bertz CT molecular complexity index is 1370. The van der Waals surface area contributed by atoms with Crippen LogP contribution in [0.1, 0.15) is 56.3 Å². The number of allylic oxidation sites excluding steroid dienone is 5. The van der Waals surface area contributed by atoms with Crippen LogP contribution in [0, 0.1) is 17.6 Å². The molecule has 0 spiro atoms. The second kappa shape index (κ2) is 13.7. The third kappa shape index (κ3) is 7.90. The average molecular weight is 620 g/mol. The van der Waals surface area contributed by atoms with E-state index in [0.29, 0.717) is 55.0 Å². The Balaban J connectivity index is 2.09. The molecule has 0 aromatic heterocycles. The summed E-state index contributed by atoms with van der Waals surface area (Å²) < 4.78 is 99.6. The molecule has 2 aliphatic rings. The maximum absolute atomic E-state index is 14.5. The second-order valence-electron chi connectivity index (χ2n) is 10.2. The van der Waals surface area contributed by atoms with E-state index < -0.39 is 88.1 Å². The van der Waals surface area contributed by atoms with Gasteiger partial charge in [0.2, 0.25) is 0 Å². The zero-order valence-corrected chi connectivity index (χ0v) is 23.6. The molecule has 42 heavy (non-hydrogen) atoms. The fraction of sp³-hybridized carbons (Fsp3) is 0.414. The minimum atomic E-state index is -5.12. The lowest BCUT2D eigenvalue weighted by Crippen LogP contribution is -2.43. The third-order valence-electron chi connectivity index (χ3n) is 7.26. The molecule has 3 rings (SSSR count). The molecule has 13 heteroatoms. The van der Waals surface area contributed by atoms with E-state index in [1.165, 1.54) is 13.8 Å². The van der Waals surface area contributed by atoms with Crippen molar-refractivity contribution in [3.05, 3.63) is 81.1 Å².